The molecule has 0 radical (unpaired) electrons. The van der Waals surface area contributed by atoms with E-state index in [1.165, 1.54) is 0 Å². The Bertz CT molecular complexity index is 642. The van der Waals surface area contributed by atoms with E-state index in [-0.39, 0.29) is 0 Å². The fourth-order valence-electron chi connectivity index (χ4n) is 3.07. The van der Waals surface area contributed by atoms with E-state index in [1.807, 2.05) is 6.07 Å². The van der Waals surface area contributed by atoms with E-state index in [0.29, 0.717) is 18.3 Å². The van der Waals surface area contributed by atoms with Crippen LogP contribution < -0.4 is 5.32 Å². The summed E-state index contributed by atoms with van der Waals surface area (Å²) in [5.74, 6) is 0.606. The lowest BCUT2D eigenvalue weighted by Crippen LogP contribution is -2.41. The first-order chi connectivity index (χ1) is 10.1. The van der Waals surface area contributed by atoms with Crippen molar-refractivity contribution in [3.8, 4) is 0 Å². The van der Waals surface area contributed by atoms with E-state index in [2.05, 4.69) is 17.2 Å². The van der Waals surface area contributed by atoms with Gasteiger partial charge in [0.1, 0.15) is 11.4 Å². The van der Waals surface area contributed by atoms with Gasteiger partial charge in [-0.25, -0.2) is 4.98 Å². The summed E-state index contributed by atoms with van der Waals surface area (Å²) in [6.45, 7) is 2.60. The maximum atomic E-state index is 11.7. The molecule has 0 unspecified atom stereocenters. The van der Waals surface area contributed by atoms with Gasteiger partial charge in [0.05, 0.1) is 17.1 Å². The second-order valence-electron chi connectivity index (χ2n) is 6.11. The van der Waals surface area contributed by atoms with Crippen molar-refractivity contribution >= 4 is 22.8 Å². The third-order valence-corrected chi connectivity index (χ3v) is 4.66. The van der Waals surface area contributed by atoms with Gasteiger partial charge in [0.15, 0.2) is 0 Å². The zero-order valence-electron chi connectivity index (χ0n) is 12.1. The average Bonchev–Trinajstić information content (AvgIpc) is 2.96. The molecule has 0 bridgehead atoms. The van der Waals surface area contributed by atoms with E-state index in [0.717, 1.165) is 36.7 Å². The molecule has 5 nitrogen and oxygen atoms in total. The summed E-state index contributed by atoms with van der Waals surface area (Å²) in [6.07, 6.45) is 6.67. The van der Waals surface area contributed by atoms with Gasteiger partial charge in [-0.1, -0.05) is 6.92 Å². The highest BCUT2D eigenvalue weighted by molar-refractivity contribution is 5.88. The molecule has 1 saturated carbocycles. The quantitative estimate of drug-likeness (QED) is 0.900. The van der Waals surface area contributed by atoms with Crippen LogP contribution in [0.5, 0.6) is 0 Å². The molecule has 0 atom stereocenters. The van der Waals surface area contributed by atoms with Crippen molar-refractivity contribution in [1.29, 1.82) is 0 Å². The van der Waals surface area contributed by atoms with Gasteiger partial charge in [0.2, 0.25) is 0 Å². The zero-order valence-corrected chi connectivity index (χ0v) is 12.1. The molecule has 0 amide bonds. The van der Waals surface area contributed by atoms with E-state index < -0.39 is 11.4 Å². The summed E-state index contributed by atoms with van der Waals surface area (Å²) in [5.41, 5.74) is 0.0780. The number of hydrogen-bond acceptors (Lipinski definition) is 4. The van der Waals surface area contributed by atoms with Crippen molar-refractivity contribution in [2.45, 2.75) is 32.6 Å². The molecule has 21 heavy (non-hydrogen) atoms. The second kappa shape index (κ2) is 5.39. The van der Waals surface area contributed by atoms with Crippen LogP contribution in [0.15, 0.2) is 29.0 Å². The minimum Gasteiger partial charge on any atom is -0.481 e. The molecule has 0 aliphatic heterocycles. The van der Waals surface area contributed by atoms with Crippen molar-refractivity contribution in [1.82, 2.24) is 4.98 Å². The van der Waals surface area contributed by atoms with Gasteiger partial charge >= 0.3 is 5.97 Å². The lowest BCUT2D eigenvalue weighted by atomic mass is 9.71. The second-order valence-corrected chi connectivity index (χ2v) is 6.11. The number of hydrogen-bond donors (Lipinski definition) is 2. The SMILES string of the molecule is CC1CCC(CNc2nccc3occc23)(C(=O)O)CC1. The number of rotatable bonds is 4. The molecule has 112 valence electrons. The molecule has 2 aromatic heterocycles. The number of aromatic nitrogens is 1. The molecule has 2 N–H and O–H groups in total. The molecule has 0 spiro atoms. The largest absolute Gasteiger partial charge is 0.481 e. The van der Waals surface area contributed by atoms with Gasteiger partial charge in [0.25, 0.3) is 0 Å². The molecule has 2 aromatic rings. The van der Waals surface area contributed by atoms with Crippen LogP contribution in [0, 0.1) is 11.3 Å². The van der Waals surface area contributed by atoms with Gasteiger partial charge < -0.3 is 14.8 Å². The van der Waals surface area contributed by atoms with Crippen LogP contribution in [0.3, 0.4) is 0 Å². The van der Waals surface area contributed by atoms with Gasteiger partial charge in [0, 0.05) is 12.7 Å². The van der Waals surface area contributed by atoms with E-state index in [1.54, 1.807) is 18.5 Å². The van der Waals surface area contributed by atoms with Crippen molar-refractivity contribution in [3.05, 3.63) is 24.6 Å². The smallest absolute Gasteiger partial charge is 0.311 e. The lowest BCUT2D eigenvalue weighted by molar-refractivity contribution is -0.150. The molecule has 1 aliphatic rings. The van der Waals surface area contributed by atoms with Crippen molar-refractivity contribution < 1.29 is 14.3 Å². The zero-order chi connectivity index (χ0) is 14.9. The van der Waals surface area contributed by atoms with Gasteiger partial charge in [-0.05, 0) is 43.7 Å². The van der Waals surface area contributed by atoms with Crippen molar-refractivity contribution in [3.63, 3.8) is 0 Å². The average molecular weight is 288 g/mol. The number of anilines is 1. The molecule has 2 heterocycles. The van der Waals surface area contributed by atoms with Crippen molar-refractivity contribution in [2.75, 3.05) is 11.9 Å². The van der Waals surface area contributed by atoms with Crippen LogP contribution in [0.25, 0.3) is 11.0 Å². The molecule has 0 aromatic carbocycles. The van der Waals surface area contributed by atoms with Crippen LogP contribution in [0.2, 0.25) is 0 Å². The van der Waals surface area contributed by atoms with Crippen LogP contribution in [0.1, 0.15) is 32.6 Å². The molecule has 1 fully saturated rings. The number of nitrogens with one attached hydrogen (secondary N) is 1. The highest BCUT2D eigenvalue weighted by Crippen LogP contribution is 2.39. The summed E-state index contributed by atoms with van der Waals surface area (Å²) in [5, 5.41) is 13.8. The number of nitrogens with zero attached hydrogens (tertiary/aromatic N) is 1. The molecule has 0 saturated heterocycles. The lowest BCUT2D eigenvalue weighted by Gasteiger charge is -2.36. The van der Waals surface area contributed by atoms with E-state index >= 15 is 0 Å². The summed E-state index contributed by atoms with van der Waals surface area (Å²) in [6, 6.07) is 3.65. The minimum absolute atomic E-state index is 0.409. The van der Waals surface area contributed by atoms with Crippen LogP contribution in [0.4, 0.5) is 5.82 Å². The highest BCUT2D eigenvalue weighted by Gasteiger charge is 2.41. The van der Waals surface area contributed by atoms with Crippen LogP contribution >= 0.6 is 0 Å². The number of furan rings is 1. The van der Waals surface area contributed by atoms with Gasteiger partial charge in [-0.3, -0.25) is 4.79 Å². The molecule has 5 heteroatoms. The van der Waals surface area contributed by atoms with Crippen LogP contribution in [-0.2, 0) is 4.79 Å². The third-order valence-electron chi connectivity index (χ3n) is 4.66. The van der Waals surface area contributed by atoms with E-state index in [9.17, 15) is 9.90 Å². The molecule has 3 rings (SSSR count). The fraction of sp³-hybridized carbons (Fsp3) is 0.500. The number of aliphatic carboxylic acids is 1. The Morgan fingerprint density at radius 1 is 1.48 bits per heavy atom. The Kier molecular flexibility index (Phi) is 3.57. The Morgan fingerprint density at radius 3 is 2.95 bits per heavy atom. The first kappa shape index (κ1) is 13.9. The third kappa shape index (κ3) is 2.60. The number of pyridine rings is 1. The Morgan fingerprint density at radius 2 is 2.24 bits per heavy atom. The Hall–Kier alpha value is -2.04. The predicted molar refractivity (Wildman–Crippen MR) is 80.2 cm³/mol. The highest BCUT2D eigenvalue weighted by atomic mass is 16.4. The minimum atomic E-state index is -0.707. The summed E-state index contributed by atoms with van der Waals surface area (Å²) in [7, 11) is 0. The monoisotopic (exact) mass is 288 g/mol. The summed E-state index contributed by atoms with van der Waals surface area (Å²) in [4.78, 5) is 16.0. The summed E-state index contributed by atoms with van der Waals surface area (Å²) < 4.78 is 5.34. The topological polar surface area (TPSA) is 75.4 Å². The maximum absolute atomic E-state index is 11.7. The first-order valence-corrected chi connectivity index (χ1v) is 7.40. The molecular weight excluding hydrogens is 268 g/mol. The fourth-order valence-corrected chi connectivity index (χ4v) is 3.07. The Balaban J connectivity index is 1.78. The van der Waals surface area contributed by atoms with Gasteiger partial charge in [-0.2, -0.15) is 0 Å². The number of carboxylic acid groups (broad SMARTS) is 1. The summed E-state index contributed by atoms with van der Waals surface area (Å²) >= 11 is 0. The predicted octanol–water partition coefficient (Wildman–Crippen LogP) is 3.52. The number of carboxylic acids is 1. The van der Waals surface area contributed by atoms with E-state index in [4.69, 9.17) is 4.42 Å². The van der Waals surface area contributed by atoms with Crippen molar-refractivity contribution in [2.24, 2.45) is 11.3 Å². The maximum Gasteiger partial charge on any atom is 0.311 e. The standard InChI is InChI=1S/C16H20N2O3/c1-11-2-6-16(7-3-11,15(19)20)10-18-14-12-5-9-21-13(12)4-8-17-14/h4-5,8-9,11H,2-3,6-7,10H2,1H3,(H,17,18)(H,19,20). The molecule has 1 aliphatic carbocycles. The van der Waals surface area contributed by atoms with Crippen LogP contribution in [-0.4, -0.2) is 22.6 Å². The van der Waals surface area contributed by atoms with Gasteiger partial charge in [-0.15, -0.1) is 0 Å². The Labute approximate surface area is 123 Å². The molecular formula is C16H20N2O3. The number of fused-ring (bicyclic) bond motifs is 1. The normalized spacial score (nSPS) is 25.9. The first-order valence-electron chi connectivity index (χ1n) is 7.40. The number of carbonyl (C=O) groups is 1.